The van der Waals surface area contributed by atoms with Crippen molar-refractivity contribution in [2.45, 2.75) is 38.5 Å². The van der Waals surface area contributed by atoms with Crippen molar-refractivity contribution in [2.24, 2.45) is 29.6 Å². The van der Waals surface area contributed by atoms with Gasteiger partial charge in [0.15, 0.2) is 0 Å². The number of nitrogens with zero attached hydrogens (tertiary/aromatic N) is 1. The maximum atomic E-state index is 5.93. The van der Waals surface area contributed by atoms with E-state index >= 15 is 0 Å². The van der Waals surface area contributed by atoms with Crippen molar-refractivity contribution in [1.82, 2.24) is 4.98 Å². The lowest BCUT2D eigenvalue weighted by Gasteiger charge is -2.54. The summed E-state index contributed by atoms with van der Waals surface area (Å²) in [5.41, 5.74) is 6.69. The second-order valence-electron chi connectivity index (χ2n) is 7.25. The van der Waals surface area contributed by atoms with Gasteiger partial charge in [-0.2, -0.15) is 0 Å². The SMILES string of the molecule is Nc1cccnc1NCCC1C2CC3CC(C2)CC1C3. The molecule has 108 valence electrons. The molecule has 1 aromatic rings. The van der Waals surface area contributed by atoms with Crippen molar-refractivity contribution in [3.63, 3.8) is 0 Å². The molecule has 4 bridgehead atoms. The van der Waals surface area contributed by atoms with Gasteiger partial charge in [-0.15, -0.1) is 0 Å². The Hall–Kier alpha value is -1.25. The molecule has 0 saturated heterocycles. The predicted octanol–water partition coefficient (Wildman–Crippen LogP) is 3.54. The number of anilines is 2. The Morgan fingerprint density at radius 2 is 1.80 bits per heavy atom. The third kappa shape index (κ3) is 2.17. The van der Waals surface area contributed by atoms with Crippen molar-refractivity contribution in [2.75, 3.05) is 17.6 Å². The second-order valence-corrected chi connectivity index (χ2v) is 7.25. The van der Waals surface area contributed by atoms with Gasteiger partial charge in [0.2, 0.25) is 0 Å². The Bertz CT molecular complexity index is 457. The van der Waals surface area contributed by atoms with Gasteiger partial charge in [-0.3, -0.25) is 0 Å². The Morgan fingerprint density at radius 1 is 1.10 bits per heavy atom. The van der Waals surface area contributed by atoms with Gasteiger partial charge >= 0.3 is 0 Å². The Morgan fingerprint density at radius 3 is 2.45 bits per heavy atom. The van der Waals surface area contributed by atoms with Crippen LogP contribution in [0.5, 0.6) is 0 Å². The van der Waals surface area contributed by atoms with Crippen LogP contribution in [0.25, 0.3) is 0 Å². The topological polar surface area (TPSA) is 50.9 Å². The Kier molecular flexibility index (Phi) is 3.08. The van der Waals surface area contributed by atoms with Crippen molar-refractivity contribution >= 4 is 11.5 Å². The zero-order chi connectivity index (χ0) is 13.5. The van der Waals surface area contributed by atoms with Gasteiger partial charge in [-0.1, -0.05) is 0 Å². The van der Waals surface area contributed by atoms with Gasteiger partial charge in [0, 0.05) is 12.7 Å². The Balaban J connectivity index is 1.35. The molecule has 4 aliphatic rings. The number of hydrogen-bond acceptors (Lipinski definition) is 3. The molecule has 5 rings (SSSR count). The zero-order valence-electron chi connectivity index (χ0n) is 12.1. The molecule has 3 heteroatoms. The lowest BCUT2D eigenvalue weighted by Crippen LogP contribution is -2.45. The molecule has 20 heavy (non-hydrogen) atoms. The minimum Gasteiger partial charge on any atom is -0.396 e. The van der Waals surface area contributed by atoms with Crippen LogP contribution in [0.2, 0.25) is 0 Å². The second kappa shape index (κ2) is 4.94. The van der Waals surface area contributed by atoms with E-state index in [4.69, 9.17) is 5.73 Å². The van der Waals surface area contributed by atoms with Gasteiger partial charge in [-0.25, -0.2) is 4.98 Å². The van der Waals surface area contributed by atoms with E-state index in [1.54, 1.807) is 6.42 Å². The van der Waals surface area contributed by atoms with Crippen LogP contribution in [0.3, 0.4) is 0 Å². The van der Waals surface area contributed by atoms with Crippen LogP contribution in [0.15, 0.2) is 18.3 Å². The highest BCUT2D eigenvalue weighted by Crippen LogP contribution is 2.57. The minimum atomic E-state index is 0.762. The van der Waals surface area contributed by atoms with Crippen LogP contribution in [-0.2, 0) is 0 Å². The van der Waals surface area contributed by atoms with E-state index < -0.39 is 0 Å². The van der Waals surface area contributed by atoms with Crippen LogP contribution in [0, 0.1) is 29.6 Å². The average molecular weight is 271 g/mol. The molecule has 4 aliphatic carbocycles. The average Bonchev–Trinajstić information content (AvgIpc) is 2.43. The van der Waals surface area contributed by atoms with Crippen molar-refractivity contribution in [3.05, 3.63) is 18.3 Å². The van der Waals surface area contributed by atoms with Crippen LogP contribution >= 0.6 is 0 Å². The smallest absolute Gasteiger partial charge is 0.149 e. The molecule has 1 aromatic heterocycles. The molecule has 1 heterocycles. The largest absolute Gasteiger partial charge is 0.396 e. The first kappa shape index (κ1) is 12.5. The van der Waals surface area contributed by atoms with E-state index in [9.17, 15) is 0 Å². The first-order valence-corrected chi connectivity index (χ1v) is 8.24. The third-order valence-corrected chi connectivity index (χ3v) is 6.03. The molecule has 0 aliphatic heterocycles. The summed E-state index contributed by atoms with van der Waals surface area (Å²) in [4.78, 5) is 4.32. The highest BCUT2D eigenvalue weighted by atomic mass is 15.0. The highest BCUT2D eigenvalue weighted by Gasteiger charge is 2.47. The first-order chi connectivity index (χ1) is 9.79. The molecule has 3 nitrogen and oxygen atoms in total. The Labute approximate surface area is 121 Å². The summed E-state index contributed by atoms with van der Waals surface area (Å²) in [5.74, 6) is 6.01. The number of nitrogens with one attached hydrogen (secondary N) is 1. The first-order valence-electron chi connectivity index (χ1n) is 8.24. The number of rotatable bonds is 4. The molecule has 3 N–H and O–H groups in total. The molecule has 4 saturated carbocycles. The fourth-order valence-electron chi connectivity index (χ4n) is 5.43. The molecule has 4 fully saturated rings. The number of pyridine rings is 1. The van der Waals surface area contributed by atoms with Gasteiger partial charge in [0.05, 0.1) is 5.69 Å². The maximum Gasteiger partial charge on any atom is 0.149 e. The van der Waals surface area contributed by atoms with Gasteiger partial charge in [0.25, 0.3) is 0 Å². The van der Waals surface area contributed by atoms with Crippen molar-refractivity contribution in [3.8, 4) is 0 Å². The number of nitrogens with two attached hydrogens (primary N) is 1. The lowest BCUT2D eigenvalue weighted by molar-refractivity contribution is -0.0381. The normalized spacial score (nSPS) is 38.1. The van der Waals surface area contributed by atoms with E-state index in [2.05, 4.69) is 10.3 Å². The van der Waals surface area contributed by atoms with Gasteiger partial charge in [0.1, 0.15) is 5.82 Å². The number of hydrogen-bond donors (Lipinski definition) is 2. The number of nitrogen functional groups attached to an aromatic ring is 1. The van der Waals surface area contributed by atoms with Crippen LogP contribution < -0.4 is 11.1 Å². The third-order valence-electron chi connectivity index (χ3n) is 6.03. The van der Waals surface area contributed by atoms with Crippen molar-refractivity contribution < 1.29 is 0 Å². The summed E-state index contributed by atoms with van der Waals surface area (Å²) in [6.45, 7) is 1.02. The van der Waals surface area contributed by atoms with Gasteiger partial charge in [-0.05, 0) is 80.2 Å². The van der Waals surface area contributed by atoms with E-state index in [1.807, 2.05) is 18.3 Å². The minimum absolute atomic E-state index is 0.762. The molecule has 0 unspecified atom stereocenters. The predicted molar refractivity (Wildman–Crippen MR) is 82.3 cm³/mol. The highest BCUT2D eigenvalue weighted by molar-refractivity contribution is 5.60. The summed E-state index contributed by atoms with van der Waals surface area (Å²) in [6, 6.07) is 3.80. The van der Waals surface area contributed by atoms with E-state index in [0.29, 0.717) is 0 Å². The molecule has 0 radical (unpaired) electrons. The van der Waals surface area contributed by atoms with Crippen LogP contribution in [0.4, 0.5) is 11.5 Å². The summed E-state index contributed by atoms with van der Waals surface area (Å²) in [7, 11) is 0. The van der Waals surface area contributed by atoms with E-state index in [-0.39, 0.29) is 0 Å². The molecule has 0 spiro atoms. The molecule has 0 amide bonds. The fraction of sp³-hybridized carbons (Fsp3) is 0.706. The van der Waals surface area contributed by atoms with E-state index in [1.165, 1.54) is 32.1 Å². The lowest BCUT2D eigenvalue weighted by atomic mass is 9.51. The fourth-order valence-corrected chi connectivity index (χ4v) is 5.43. The summed E-state index contributed by atoms with van der Waals surface area (Å²) in [6.07, 6.45) is 10.7. The summed E-state index contributed by atoms with van der Waals surface area (Å²) in [5, 5.41) is 3.44. The van der Waals surface area contributed by atoms with Gasteiger partial charge < -0.3 is 11.1 Å². The van der Waals surface area contributed by atoms with Crippen LogP contribution in [-0.4, -0.2) is 11.5 Å². The number of aromatic nitrogens is 1. The summed E-state index contributed by atoms with van der Waals surface area (Å²) >= 11 is 0. The van der Waals surface area contributed by atoms with Crippen molar-refractivity contribution in [1.29, 1.82) is 0 Å². The van der Waals surface area contributed by atoms with E-state index in [0.717, 1.165) is 47.6 Å². The molecule has 0 aromatic carbocycles. The monoisotopic (exact) mass is 271 g/mol. The zero-order valence-corrected chi connectivity index (χ0v) is 12.1. The molecular formula is C17H25N3. The maximum absolute atomic E-state index is 5.93. The standard InChI is InChI=1S/C17H25N3/c18-16-2-1-4-19-17(16)20-5-3-15-13-7-11-6-12(9-13)10-14(15)8-11/h1-2,4,11-15H,3,5-10,18H2,(H,19,20). The molecular weight excluding hydrogens is 246 g/mol. The summed E-state index contributed by atoms with van der Waals surface area (Å²) < 4.78 is 0. The van der Waals surface area contributed by atoms with Crippen LogP contribution in [0.1, 0.15) is 38.5 Å². The molecule has 0 atom stereocenters. The quantitative estimate of drug-likeness (QED) is 0.880.